The van der Waals surface area contributed by atoms with Crippen molar-refractivity contribution < 1.29 is 4.79 Å². The number of carbonyl (C=O) groups excluding carboxylic acids is 1. The van der Waals surface area contributed by atoms with E-state index in [1.54, 1.807) is 11.8 Å². The smallest absolute Gasteiger partial charge is 0.238 e. The summed E-state index contributed by atoms with van der Waals surface area (Å²) in [5.41, 5.74) is 3.44. The van der Waals surface area contributed by atoms with Gasteiger partial charge in [-0.3, -0.25) is 9.69 Å². The number of amides is 1. The van der Waals surface area contributed by atoms with E-state index in [-0.39, 0.29) is 11.9 Å². The van der Waals surface area contributed by atoms with Crippen molar-refractivity contribution in [2.24, 2.45) is 0 Å². The Morgan fingerprint density at radius 1 is 1.19 bits per heavy atom. The Morgan fingerprint density at radius 2 is 2.04 bits per heavy atom. The van der Waals surface area contributed by atoms with Gasteiger partial charge in [-0.2, -0.15) is 0 Å². The lowest BCUT2D eigenvalue weighted by molar-refractivity contribution is -0.117. The second-order valence-electron chi connectivity index (χ2n) is 6.61. The first-order valence-corrected chi connectivity index (χ1v) is 11.1. The van der Waals surface area contributed by atoms with Crippen LogP contribution in [0.1, 0.15) is 22.0 Å². The zero-order valence-electron chi connectivity index (χ0n) is 15.2. The normalized spacial score (nSPS) is 16.7. The number of thioether (sulfide) groups is 1. The summed E-state index contributed by atoms with van der Waals surface area (Å²) in [4.78, 5) is 17.6. The van der Waals surface area contributed by atoms with E-state index in [2.05, 4.69) is 52.0 Å². The third kappa shape index (κ3) is 4.10. The zero-order valence-corrected chi connectivity index (χ0v) is 16.9. The first-order chi connectivity index (χ1) is 13.2. The van der Waals surface area contributed by atoms with Crippen LogP contribution in [0.4, 0.5) is 5.69 Å². The molecule has 1 N–H and O–H groups in total. The highest BCUT2D eigenvalue weighted by atomic mass is 32.2. The summed E-state index contributed by atoms with van der Waals surface area (Å²) in [5, 5.41) is 5.23. The van der Waals surface area contributed by atoms with Gasteiger partial charge < -0.3 is 5.32 Å². The summed E-state index contributed by atoms with van der Waals surface area (Å²) in [5.74, 6) is 0.0351. The third-order valence-electron chi connectivity index (χ3n) is 4.88. The SMILES string of the molecule is CSc1cccc(NC(=O)CN2CCc3sccc3[C@H]2c2ccccc2)c1. The van der Waals surface area contributed by atoms with Crippen molar-refractivity contribution in [2.45, 2.75) is 17.4 Å². The number of rotatable bonds is 5. The molecule has 1 aliphatic heterocycles. The molecule has 0 aliphatic carbocycles. The summed E-state index contributed by atoms with van der Waals surface area (Å²) in [6.45, 7) is 1.28. The summed E-state index contributed by atoms with van der Waals surface area (Å²) in [6, 6.07) is 20.8. The molecule has 1 aromatic heterocycles. The second-order valence-corrected chi connectivity index (χ2v) is 8.49. The zero-order chi connectivity index (χ0) is 18.6. The highest BCUT2D eigenvalue weighted by Crippen LogP contribution is 2.37. The Hall–Kier alpha value is -2.08. The standard InChI is InChI=1S/C22H22N2OS2/c1-26-18-9-5-8-17(14-18)23-21(25)15-24-12-10-20-19(11-13-27-20)22(24)16-6-3-2-4-7-16/h2-9,11,13-14,22H,10,12,15H2,1H3,(H,23,25)/t22-/m1/s1. The summed E-state index contributed by atoms with van der Waals surface area (Å²) < 4.78 is 0. The van der Waals surface area contributed by atoms with Crippen LogP contribution in [0.15, 0.2) is 70.9 Å². The Labute approximate surface area is 168 Å². The minimum Gasteiger partial charge on any atom is -0.325 e. The van der Waals surface area contributed by atoms with Crippen molar-refractivity contribution >= 4 is 34.7 Å². The van der Waals surface area contributed by atoms with Crippen LogP contribution in [-0.2, 0) is 11.2 Å². The summed E-state index contributed by atoms with van der Waals surface area (Å²) in [6.07, 6.45) is 3.04. The number of nitrogens with one attached hydrogen (secondary N) is 1. The highest BCUT2D eigenvalue weighted by Gasteiger charge is 2.30. The van der Waals surface area contributed by atoms with E-state index in [0.29, 0.717) is 6.54 Å². The maximum atomic E-state index is 12.8. The van der Waals surface area contributed by atoms with Crippen LogP contribution in [-0.4, -0.2) is 30.2 Å². The summed E-state index contributed by atoms with van der Waals surface area (Å²) in [7, 11) is 0. The second kappa shape index (κ2) is 8.30. The highest BCUT2D eigenvalue weighted by molar-refractivity contribution is 7.98. The van der Waals surface area contributed by atoms with Crippen LogP contribution in [0.5, 0.6) is 0 Å². The molecular formula is C22H22N2OS2. The van der Waals surface area contributed by atoms with Crippen molar-refractivity contribution in [3.8, 4) is 0 Å². The lowest BCUT2D eigenvalue weighted by Gasteiger charge is -2.35. The number of thiophene rings is 1. The average Bonchev–Trinajstić information content (AvgIpc) is 3.17. The monoisotopic (exact) mass is 394 g/mol. The van der Waals surface area contributed by atoms with E-state index in [0.717, 1.165) is 23.5 Å². The molecule has 27 heavy (non-hydrogen) atoms. The van der Waals surface area contributed by atoms with Gasteiger partial charge in [-0.05, 0) is 53.4 Å². The molecule has 0 saturated heterocycles. The molecule has 1 amide bonds. The summed E-state index contributed by atoms with van der Waals surface area (Å²) >= 11 is 3.50. The number of anilines is 1. The van der Waals surface area contributed by atoms with Gasteiger partial charge >= 0.3 is 0 Å². The van der Waals surface area contributed by atoms with Gasteiger partial charge in [0, 0.05) is 22.0 Å². The van der Waals surface area contributed by atoms with Crippen LogP contribution < -0.4 is 5.32 Å². The molecule has 0 radical (unpaired) electrons. The largest absolute Gasteiger partial charge is 0.325 e. The van der Waals surface area contributed by atoms with Gasteiger partial charge in [0.1, 0.15) is 0 Å². The van der Waals surface area contributed by atoms with Gasteiger partial charge in [0.15, 0.2) is 0 Å². The number of carbonyl (C=O) groups is 1. The van der Waals surface area contributed by atoms with Crippen LogP contribution >= 0.6 is 23.1 Å². The molecule has 4 rings (SSSR count). The van der Waals surface area contributed by atoms with Gasteiger partial charge in [-0.25, -0.2) is 0 Å². The van der Waals surface area contributed by atoms with Crippen molar-refractivity contribution in [1.82, 2.24) is 4.90 Å². The first-order valence-electron chi connectivity index (χ1n) is 9.04. The minimum absolute atomic E-state index is 0.0351. The molecule has 0 unspecified atom stereocenters. The predicted octanol–water partition coefficient (Wildman–Crippen LogP) is 5.06. The Bertz CT molecular complexity index is 923. The number of hydrogen-bond donors (Lipinski definition) is 1. The van der Waals surface area contributed by atoms with Gasteiger partial charge in [0.25, 0.3) is 0 Å². The molecule has 2 aromatic carbocycles. The Morgan fingerprint density at radius 3 is 2.85 bits per heavy atom. The van der Waals surface area contributed by atoms with Crippen LogP contribution in [0.25, 0.3) is 0 Å². The van der Waals surface area contributed by atoms with Crippen LogP contribution in [0.3, 0.4) is 0 Å². The van der Waals surface area contributed by atoms with Crippen LogP contribution in [0.2, 0.25) is 0 Å². The number of hydrogen-bond acceptors (Lipinski definition) is 4. The fourth-order valence-corrected chi connectivity index (χ4v) is 5.01. The Balaban J connectivity index is 1.54. The molecular weight excluding hydrogens is 372 g/mol. The predicted molar refractivity (Wildman–Crippen MR) is 115 cm³/mol. The van der Waals surface area contributed by atoms with Crippen molar-refractivity contribution in [2.75, 3.05) is 24.7 Å². The van der Waals surface area contributed by atoms with Gasteiger partial charge in [0.05, 0.1) is 12.6 Å². The van der Waals surface area contributed by atoms with E-state index in [1.165, 1.54) is 16.0 Å². The van der Waals surface area contributed by atoms with Gasteiger partial charge in [-0.1, -0.05) is 36.4 Å². The maximum Gasteiger partial charge on any atom is 0.238 e. The number of benzene rings is 2. The first kappa shape index (κ1) is 18.3. The molecule has 5 heteroatoms. The molecule has 138 valence electrons. The minimum atomic E-state index is 0.0351. The molecule has 1 atom stereocenters. The molecule has 2 heterocycles. The fraction of sp³-hybridized carbons (Fsp3) is 0.227. The van der Waals surface area contributed by atoms with E-state index in [1.807, 2.05) is 41.9 Å². The van der Waals surface area contributed by atoms with Crippen LogP contribution in [0, 0.1) is 0 Å². The molecule has 3 aromatic rings. The molecule has 0 fully saturated rings. The van der Waals surface area contributed by atoms with E-state index in [9.17, 15) is 4.79 Å². The fourth-order valence-electron chi connectivity index (χ4n) is 3.65. The maximum absolute atomic E-state index is 12.8. The Kier molecular flexibility index (Phi) is 5.62. The van der Waals surface area contributed by atoms with E-state index < -0.39 is 0 Å². The lowest BCUT2D eigenvalue weighted by atomic mass is 9.93. The van der Waals surface area contributed by atoms with E-state index in [4.69, 9.17) is 0 Å². The quantitative estimate of drug-likeness (QED) is 0.614. The lowest BCUT2D eigenvalue weighted by Crippen LogP contribution is -2.40. The third-order valence-corrected chi connectivity index (χ3v) is 6.60. The number of fused-ring (bicyclic) bond motifs is 1. The van der Waals surface area contributed by atoms with Crippen molar-refractivity contribution in [1.29, 1.82) is 0 Å². The van der Waals surface area contributed by atoms with Crippen molar-refractivity contribution in [3.63, 3.8) is 0 Å². The molecule has 1 aliphatic rings. The molecule has 3 nitrogen and oxygen atoms in total. The molecule has 0 saturated carbocycles. The average molecular weight is 395 g/mol. The molecule has 0 spiro atoms. The van der Waals surface area contributed by atoms with Gasteiger partial charge in [0.2, 0.25) is 5.91 Å². The topological polar surface area (TPSA) is 32.3 Å². The number of nitrogens with zero attached hydrogens (tertiary/aromatic N) is 1. The van der Waals surface area contributed by atoms with E-state index >= 15 is 0 Å². The van der Waals surface area contributed by atoms with Crippen molar-refractivity contribution in [3.05, 3.63) is 82.0 Å². The molecule has 0 bridgehead atoms. The van der Waals surface area contributed by atoms with Gasteiger partial charge in [-0.15, -0.1) is 23.1 Å².